The highest BCUT2D eigenvalue weighted by Gasteiger charge is 2.04. The summed E-state index contributed by atoms with van der Waals surface area (Å²) in [6, 6.07) is 9.00. The topological polar surface area (TPSA) is 24.5 Å². The Morgan fingerprint density at radius 2 is 1.95 bits per heavy atom. The van der Waals surface area contributed by atoms with E-state index in [0.717, 1.165) is 32.8 Å². The maximum atomic E-state index is 5.43. The number of anilines is 1. The van der Waals surface area contributed by atoms with Gasteiger partial charge in [-0.1, -0.05) is 26.0 Å². The van der Waals surface area contributed by atoms with E-state index in [9.17, 15) is 0 Å². The van der Waals surface area contributed by atoms with Crippen molar-refractivity contribution in [2.45, 2.75) is 40.3 Å². The lowest BCUT2D eigenvalue weighted by Crippen LogP contribution is -2.23. The number of nitrogens with one attached hydrogen (secondary N) is 1. The summed E-state index contributed by atoms with van der Waals surface area (Å²) in [5.74, 6) is 0. The maximum absolute atomic E-state index is 5.43. The van der Waals surface area contributed by atoms with Crippen molar-refractivity contribution >= 4 is 5.69 Å². The number of hydrogen-bond acceptors (Lipinski definition) is 3. The van der Waals surface area contributed by atoms with Gasteiger partial charge in [-0.15, -0.1) is 0 Å². The van der Waals surface area contributed by atoms with Crippen LogP contribution < -0.4 is 5.32 Å². The molecule has 1 N–H and O–H groups in total. The van der Waals surface area contributed by atoms with E-state index in [1.165, 1.54) is 11.3 Å². The van der Waals surface area contributed by atoms with Crippen molar-refractivity contribution in [3.63, 3.8) is 0 Å². The van der Waals surface area contributed by atoms with Crippen molar-refractivity contribution in [1.82, 2.24) is 4.90 Å². The normalized spacial score (nSPS) is 12.7. The van der Waals surface area contributed by atoms with Crippen LogP contribution in [0.15, 0.2) is 24.3 Å². The molecule has 0 spiro atoms. The Labute approximate surface area is 118 Å². The molecule has 0 saturated carbocycles. The van der Waals surface area contributed by atoms with E-state index in [2.05, 4.69) is 55.3 Å². The minimum absolute atomic E-state index is 0.337. The Bertz CT molecular complexity index is 350. The Morgan fingerprint density at radius 3 is 2.58 bits per heavy atom. The average Bonchev–Trinajstić information content (AvgIpc) is 2.43. The lowest BCUT2D eigenvalue weighted by molar-refractivity contribution is 0.141. The number of hydrogen-bond donors (Lipinski definition) is 1. The summed E-state index contributed by atoms with van der Waals surface area (Å²) in [6.45, 7) is 13.3. The van der Waals surface area contributed by atoms with Gasteiger partial charge in [0.25, 0.3) is 0 Å². The summed E-state index contributed by atoms with van der Waals surface area (Å²) >= 11 is 0. The number of ether oxygens (including phenoxy) is 1. The van der Waals surface area contributed by atoms with Gasteiger partial charge in [-0.25, -0.2) is 0 Å². The molecule has 0 fully saturated rings. The van der Waals surface area contributed by atoms with E-state index < -0.39 is 0 Å². The third kappa shape index (κ3) is 6.08. The maximum Gasteiger partial charge on any atom is 0.0664 e. The average molecular weight is 264 g/mol. The highest BCUT2D eigenvalue weighted by atomic mass is 16.5. The zero-order chi connectivity index (χ0) is 14.1. The Kier molecular flexibility index (Phi) is 7.53. The molecule has 0 saturated heterocycles. The lowest BCUT2D eigenvalue weighted by atomic mass is 10.1. The van der Waals surface area contributed by atoms with E-state index >= 15 is 0 Å². The second-order valence-corrected chi connectivity index (χ2v) is 4.87. The molecule has 19 heavy (non-hydrogen) atoms. The number of rotatable bonds is 9. The fraction of sp³-hybridized carbons (Fsp3) is 0.625. The quantitative estimate of drug-likeness (QED) is 0.740. The first-order valence-electron chi connectivity index (χ1n) is 7.35. The Balaban J connectivity index is 2.56. The van der Waals surface area contributed by atoms with E-state index in [4.69, 9.17) is 4.74 Å². The summed E-state index contributed by atoms with van der Waals surface area (Å²) in [5.41, 5.74) is 2.54. The molecule has 3 heteroatoms. The molecule has 1 aromatic rings. The van der Waals surface area contributed by atoms with Crippen molar-refractivity contribution in [3.05, 3.63) is 29.8 Å². The van der Waals surface area contributed by atoms with Gasteiger partial charge in [-0.2, -0.15) is 0 Å². The second kappa shape index (κ2) is 8.94. The number of nitrogens with zero attached hydrogens (tertiary/aromatic N) is 1. The molecule has 108 valence electrons. The van der Waals surface area contributed by atoms with Crippen LogP contribution in [0.1, 0.15) is 33.3 Å². The molecular formula is C16H28N2O. The van der Waals surface area contributed by atoms with Gasteiger partial charge < -0.3 is 10.1 Å². The van der Waals surface area contributed by atoms with Crippen LogP contribution in [0.3, 0.4) is 0 Å². The first kappa shape index (κ1) is 16.0. The van der Waals surface area contributed by atoms with Crippen LogP contribution in [0, 0.1) is 0 Å². The van der Waals surface area contributed by atoms with E-state index in [-0.39, 0.29) is 0 Å². The van der Waals surface area contributed by atoms with Crippen molar-refractivity contribution in [1.29, 1.82) is 0 Å². The molecule has 0 aromatic heterocycles. The van der Waals surface area contributed by atoms with E-state index in [1.807, 2.05) is 6.92 Å². The van der Waals surface area contributed by atoms with Gasteiger partial charge in [-0.05, 0) is 44.6 Å². The summed E-state index contributed by atoms with van der Waals surface area (Å²) in [4.78, 5) is 2.42. The van der Waals surface area contributed by atoms with Crippen molar-refractivity contribution in [2.24, 2.45) is 0 Å². The van der Waals surface area contributed by atoms with E-state index in [0.29, 0.717) is 6.04 Å². The molecule has 0 heterocycles. The summed E-state index contributed by atoms with van der Waals surface area (Å²) in [6.07, 6.45) is 0. The van der Waals surface area contributed by atoms with Crippen molar-refractivity contribution in [2.75, 3.05) is 31.6 Å². The van der Waals surface area contributed by atoms with Crippen LogP contribution in [0.4, 0.5) is 5.69 Å². The Hall–Kier alpha value is -1.06. The fourth-order valence-corrected chi connectivity index (χ4v) is 2.09. The minimum Gasteiger partial charge on any atom is -0.380 e. The fourth-order valence-electron chi connectivity index (χ4n) is 2.09. The molecule has 0 bridgehead atoms. The van der Waals surface area contributed by atoms with Crippen LogP contribution in [0.5, 0.6) is 0 Å². The number of benzene rings is 1. The third-order valence-corrected chi connectivity index (χ3v) is 3.21. The van der Waals surface area contributed by atoms with Gasteiger partial charge in [-0.3, -0.25) is 4.90 Å². The molecular weight excluding hydrogens is 236 g/mol. The molecule has 1 aromatic carbocycles. The highest BCUT2D eigenvalue weighted by Crippen LogP contribution is 2.13. The highest BCUT2D eigenvalue weighted by molar-refractivity contribution is 5.46. The predicted molar refractivity (Wildman–Crippen MR) is 82.6 cm³/mol. The molecule has 0 aliphatic heterocycles. The molecule has 0 aliphatic carbocycles. The van der Waals surface area contributed by atoms with Gasteiger partial charge in [0.1, 0.15) is 0 Å². The molecule has 3 nitrogen and oxygen atoms in total. The molecule has 0 radical (unpaired) electrons. The first-order chi connectivity index (χ1) is 9.19. The molecule has 0 amide bonds. The largest absolute Gasteiger partial charge is 0.380 e. The molecule has 1 unspecified atom stereocenters. The zero-order valence-electron chi connectivity index (χ0n) is 12.8. The van der Waals surface area contributed by atoms with Gasteiger partial charge in [0, 0.05) is 24.9 Å². The van der Waals surface area contributed by atoms with Gasteiger partial charge in [0.2, 0.25) is 0 Å². The Morgan fingerprint density at radius 1 is 1.21 bits per heavy atom. The molecule has 0 aliphatic rings. The second-order valence-electron chi connectivity index (χ2n) is 4.87. The van der Waals surface area contributed by atoms with E-state index in [1.54, 1.807) is 0 Å². The first-order valence-corrected chi connectivity index (χ1v) is 7.35. The van der Waals surface area contributed by atoms with Crippen LogP contribution in [-0.2, 0) is 11.3 Å². The zero-order valence-corrected chi connectivity index (χ0v) is 12.8. The summed E-state index contributed by atoms with van der Waals surface area (Å²) in [7, 11) is 0. The van der Waals surface area contributed by atoms with Crippen molar-refractivity contribution in [3.8, 4) is 0 Å². The van der Waals surface area contributed by atoms with Gasteiger partial charge in [0.15, 0.2) is 0 Å². The third-order valence-electron chi connectivity index (χ3n) is 3.21. The smallest absolute Gasteiger partial charge is 0.0664 e. The molecule has 1 atom stereocenters. The van der Waals surface area contributed by atoms with Gasteiger partial charge in [0.05, 0.1) is 6.61 Å². The van der Waals surface area contributed by atoms with Crippen LogP contribution in [0.25, 0.3) is 0 Å². The monoisotopic (exact) mass is 264 g/mol. The standard InChI is InChI=1S/C16H28N2O/c1-5-18(6-2)12-15-9-8-10-16(11-15)17-14(4)13-19-7-3/h8-11,14,17H,5-7,12-13H2,1-4H3. The summed E-state index contributed by atoms with van der Waals surface area (Å²) < 4.78 is 5.43. The van der Waals surface area contributed by atoms with Crippen LogP contribution in [0.2, 0.25) is 0 Å². The predicted octanol–water partition coefficient (Wildman–Crippen LogP) is 3.37. The van der Waals surface area contributed by atoms with Gasteiger partial charge >= 0.3 is 0 Å². The SMILES string of the molecule is CCOCC(C)Nc1cccc(CN(CC)CC)c1. The van der Waals surface area contributed by atoms with Crippen LogP contribution in [-0.4, -0.2) is 37.2 Å². The van der Waals surface area contributed by atoms with Crippen LogP contribution >= 0.6 is 0 Å². The molecule has 1 rings (SSSR count). The van der Waals surface area contributed by atoms with Crippen molar-refractivity contribution < 1.29 is 4.74 Å². The lowest BCUT2D eigenvalue weighted by Gasteiger charge is -2.19. The minimum atomic E-state index is 0.337. The summed E-state index contributed by atoms with van der Waals surface area (Å²) in [5, 5.41) is 3.48.